The molecule has 0 bridgehead atoms. The van der Waals surface area contributed by atoms with Gasteiger partial charge in [-0.1, -0.05) is 24.3 Å². The first-order valence-corrected chi connectivity index (χ1v) is 9.01. The van der Waals surface area contributed by atoms with Crippen LogP contribution < -0.4 is 10.1 Å². The van der Waals surface area contributed by atoms with E-state index in [1.807, 2.05) is 5.38 Å². The van der Waals surface area contributed by atoms with E-state index in [4.69, 9.17) is 9.47 Å². The lowest BCUT2D eigenvalue weighted by atomic mass is 10.2. The number of para-hydroxylation sites is 1. The molecule has 3 rings (SSSR count). The summed E-state index contributed by atoms with van der Waals surface area (Å²) in [5.74, 6) is -1.17. The standard InChI is InChI=1S/C20H16FNO4S/c21-16-7-1-2-8-17(16)25-10-11-26-20(24)14-5-3-6-15(13-14)22-19(23)18-9-4-12-27-18/h1-9,12-13H,10-11H2,(H,22,23). The molecule has 0 atom stereocenters. The average Bonchev–Trinajstić information content (AvgIpc) is 3.21. The second-order valence-electron chi connectivity index (χ2n) is 5.43. The van der Waals surface area contributed by atoms with Gasteiger partial charge in [0, 0.05) is 5.69 Å². The molecule has 0 unspecified atom stereocenters. The smallest absolute Gasteiger partial charge is 0.338 e. The Morgan fingerprint density at radius 3 is 2.63 bits per heavy atom. The van der Waals surface area contributed by atoms with Crippen LogP contribution in [0.2, 0.25) is 0 Å². The molecular formula is C20H16FNO4S. The van der Waals surface area contributed by atoms with Gasteiger partial charge in [-0.15, -0.1) is 11.3 Å². The topological polar surface area (TPSA) is 64.6 Å². The molecule has 138 valence electrons. The van der Waals surface area contributed by atoms with E-state index in [2.05, 4.69) is 5.32 Å². The van der Waals surface area contributed by atoms with Crippen molar-refractivity contribution < 1.29 is 23.5 Å². The van der Waals surface area contributed by atoms with E-state index in [0.717, 1.165) is 0 Å². The second kappa shape index (κ2) is 8.95. The summed E-state index contributed by atoms with van der Waals surface area (Å²) in [6, 6.07) is 16.0. The van der Waals surface area contributed by atoms with Crippen molar-refractivity contribution in [1.29, 1.82) is 0 Å². The summed E-state index contributed by atoms with van der Waals surface area (Å²) < 4.78 is 23.8. The predicted molar refractivity (Wildman–Crippen MR) is 101 cm³/mol. The number of rotatable bonds is 7. The Morgan fingerprint density at radius 2 is 1.85 bits per heavy atom. The summed E-state index contributed by atoms with van der Waals surface area (Å²) in [5, 5.41) is 4.54. The number of nitrogens with one attached hydrogen (secondary N) is 1. The van der Waals surface area contributed by atoms with Gasteiger partial charge < -0.3 is 14.8 Å². The second-order valence-corrected chi connectivity index (χ2v) is 6.37. The van der Waals surface area contributed by atoms with Crippen LogP contribution >= 0.6 is 11.3 Å². The summed E-state index contributed by atoms with van der Waals surface area (Å²) in [7, 11) is 0. The predicted octanol–water partition coefficient (Wildman–Crippen LogP) is 4.38. The van der Waals surface area contributed by atoms with E-state index < -0.39 is 11.8 Å². The molecule has 27 heavy (non-hydrogen) atoms. The van der Waals surface area contributed by atoms with Crippen LogP contribution in [0.1, 0.15) is 20.0 Å². The van der Waals surface area contributed by atoms with E-state index in [0.29, 0.717) is 16.1 Å². The molecule has 3 aromatic rings. The molecule has 1 heterocycles. The summed E-state index contributed by atoms with van der Waals surface area (Å²) in [5.41, 5.74) is 0.787. The van der Waals surface area contributed by atoms with Crippen molar-refractivity contribution in [3.05, 3.63) is 82.3 Å². The highest BCUT2D eigenvalue weighted by molar-refractivity contribution is 7.12. The van der Waals surface area contributed by atoms with Crippen molar-refractivity contribution in [3.8, 4) is 5.75 Å². The summed E-state index contributed by atoms with van der Waals surface area (Å²) in [4.78, 5) is 24.8. The fraction of sp³-hybridized carbons (Fsp3) is 0.100. The molecule has 0 fully saturated rings. The Bertz CT molecular complexity index is 927. The minimum Gasteiger partial charge on any atom is -0.487 e. The molecule has 7 heteroatoms. The van der Waals surface area contributed by atoms with Crippen LogP contribution in [0.5, 0.6) is 5.75 Å². The highest BCUT2D eigenvalue weighted by Crippen LogP contribution is 2.16. The number of carbonyl (C=O) groups is 2. The maximum atomic E-state index is 13.4. The van der Waals surface area contributed by atoms with Gasteiger partial charge in [0.05, 0.1) is 10.4 Å². The van der Waals surface area contributed by atoms with E-state index in [1.165, 1.54) is 29.5 Å². The minimum absolute atomic E-state index is 0.0288. The van der Waals surface area contributed by atoms with Gasteiger partial charge in [-0.05, 0) is 41.8 Å². The van der Waals surface area contributed by atoms with Crippen LogP contribution in [0.4, 0.5) is 10.1 Å². The van der Waals surface area contributed by atoms with Crippen molar-refractivity contribution in [2.24, 2.45) is 0 Å². The monoisotopic (exact) mass is 385 g/mol. The third-order valence-electron chi connectivity index (χ3n) is 3.51. The van der Waals surface area contributed by atoms with Gasteiger partial charge in [0.25, 0.3) is 5.91 Å². The quantitative estimate of drug-likeness (QED) is 0.484. The third kappa shape index (κ3) is 5.15. The number of amides is 1. The van der Waals surface area contributed by atoms with Crippen molar-refractivity contribution >= 4 is 28.9 Å². The molecule has 1 aromatic heterocycles. The largest absolute Gasteiger partial charge is 0.487 e. The number of hydrogen-bond donors (Lipinski definition) is 1. The number of ether oxygens (including phenoxy) is 2. The van der Waals surface area contributed by atoms with Gasteiger partial charge in [-0.2, -0.15) is 0 Å². The number of hydrogen-bond acceptors (Lipinski definition) is 5. The first-order chi connectivity index (χ1) is 13.1. The zero-order valence-corrected chi connectivity index (χ0v) is 15.0. The molecule has 0 aliphatic carbocycles. The zero-order chi connectivity index (χ0) is 19.1. The van der Waals surface area contributed by atoms with Crippen LogP contribution in [-0.2, 0) is 4.74 Å². The average molecular weight is 385 g/mol. The van der Waals surface area contributed by atoms with Gasteiger partial charge in [0.15, 0.2) is 11.6 Å². The number of carbonyl (C=O) groups excluding carboxylic acids is 2. The van der Waals surface area contributed by atoms with Crippen molar-refractivity contribution in [2.45, 2.75) is 0 Å². The first kappa shape index (κ1) is 18.6. The highest BCUT2D eigenvalue weighted by Gasteiger charge is 2.11. The molecular weight excluding hydrogens is 369 g/mol. The van der Waals surface area contributed by atoms with Crippen molar-refractivity contribution in [1.82, 2.24) is 0 Å². The van der Waals surface area contributed by atoms with Gasteiger partial charge in [0.1, 0.15) is 13.2 Å². The number of halogens is 1. The van der Waals surface area contributed by atoms with Crippen LogP contribution in [0.3, 0.4) is 0 Å². The van der Waals surface area contributed by atoms with Gasteiger partial charge in [-0.3, -0.25) is 4.79 Å². The zero-order valence-electron chi connectivity index (χ0n) is 14.2. The number of anilines is 1. The minimum atomic E-state index is -0.556. The fourth-order valence-electron chi connectivity index (χ4n) is 2.26. The van der Waals surface area contributed by atoms with E-state index in [9.17, 15) is 14.0 Å². The van der Waals surface area contributed by atoms with Gasteiger partial charge in [-0.25, -0.2) is 9.18 Å². The lowest BCUT2D eigenvalue weighted by Crippen LogP contribution is -2.14. The SMILES string of the molecule is O=C(OCCOc1ccccc1F)c1cccc(NC(=O)c2cccs2)c1. The molecule has 0 saturated heterocycles. The van der Waals surface area contributed by atoms with E-state index in [-0.39, 0.29) is 24.9 Å². The first-order valence-electron chi connectivity index (χ1n) is 8.13. The molecule has 0 saturated carbocycles. The molecule has 2 aromatic carbocycles. The summed E-state index contributed by atoms with van der Waals surface area (Å²) in [6.07, 6.45) is 0. The molecule has 1 amide bonds. The van der Waals surface area contributed by atoms with Crippen LogP contribution in [0.25, 0.3) is 0 Å². The summed E-state index contributed by atoms with van der Waals surface area (Å²) in [6.45, 7) is 0.000424. The van der Waals surface area contributed by atoms with Gasteiger partial charge in [0.2, 0.25) is 0 Å². The Kier molecular flexibility index (Phi) is 6.17. The van der Waals surface area contributed by atoms with E-state index >= 15 is 0 Å². The van der Waals surface area contributed by atoms with Crippen molar-refractivity contribution in [3.63, 3.8) is 0 Å². The molecule has 5 nitrogen and oxygen atoms in total. The van der Waals surface area contributed by atoms with Crippen LogP contribution in [-0.4, -0.2) is 25.1 Å². The summed E-state index contributed by atoms with van der Waals surface area (Å²) >= 11 is 1.33. The number of esters is 1. The normalized spacial score (nSPS) is 10.3. The van der Waals surface area contributed by atoms with Gasteiger partial charge >= 0.3 is 5.97 Å². The van der Waals surface area contributed by atoms with Crippen LogP contribution in [0, 0.1) is 5.82 Å². The number of benzene rings is 2. The Balaban J connectivity index is 1.51. The maximum Gasteiger partial charge on any atom is 0.338 e. The Morgan fingerprint density at radius 1 is 1.00 bits per heavy atom. The molecule has 0 spiro atoms. The molecule has 1 N–H and O–H groups in total. The lowest BCUT2D eigenvalue weighted by Gasteiger charge is -2.09. The fourth-order valence-corrected chi connectivity index (χ4v) is 2.87. The lowest BCUT2D eigenvalue weighted by molar-refractivity contribution is 0.0448. The Labute approximate surface area is 159 Å². The van der Waals surface area contributed by atoms with Crippen LogP contribution in [0.15, 0.2) is 66.0 Å². The Hall–Kier alpha value is -3.19. The molecule has 0 radical (unpaired) electrons. The molecule has 0 aliphatic rings. The highest BCUT2D eigenvalue weighted by atomic mass is 32.1. The maximum absolute atomic E-state index is 13.4. The molecule has 0 aliphatic heterocycles. The third-order valence-corrected chi connectivity index (χ3v) is 4.38. The van der Waals surface area contributed by atoms with Crippen molar-refractivity contribution in [2.75, 3.05) is 18.5 Å². The number of thiophene rings is 1. The van der Waals surface area contributed by atoms with E-state index in [1.54, 1.807) is 42.5 Å².